The average molecular weight is 450 g/mol. The van der Waals surface area contributed by atoms with Crippen molar-refractivity contribution >= 4 is 17.0 Å². The molecule has 4 rings (SSSR count). The number of hydrogen-bond donors (Lipinski definition) is 1. The number of nitrogens with zero attached hydrogens (tertiary/aromatic N) is 6. The average Bonchev–Trinajstić information content (AvgIpc) is 3.13. The van der Waals surface area contributed by atoms with E-state index >= 15 is 0 Å². The molecule has 3 aromatic heterocycles. The van der Waals surface area contributed by atoms with Gasteiger partial charge in [-0.25, -0.2) is 9.37 Å². The fourth-order valence-corrected chi connectivity index (χ4v) is 3.52. The summed E-state index contributed by atoms with van der Waals surface area (Å²) in [5.41, 5.74) is 9.97. The summed E-state index contributed by atoms with van der Waals surface area (Å²) in [5, 5.41) is 0. The van der Waals surface area contributed by atoms with Crippen LogP contribution in [0.15, 0.2) is 42.7 Å². The Bertz CT molecular complexity index is 1250. The number of fused-ring (bicyclic) bond motifs is 1. The molecule has 0 amide bonds. The van der Waals surface area contributed by atoms with Gasteiger partial charge in [0, 0.05) is 18.3 Å². The fraction of sp³-hybridized carbons (Fsp3) is 0.333. The summed E-state index contributed by atoms with van der Waals surface area (Å²) in [5.74, 6) is 0.277. The number of ether oxygens (including phenoxy) is 1. The highest BCUT2D eigenvalue weighted by atomic mass is 19.1. The molecule has 0 bridgehead atoms. The number of hydrogen-bond acceptors (Lipinski definition) is 7. The summed E-state index contributed by atoms with van der Waals surface area (Å²) in [7, 11) is 4.07. The van der Waals surface area contributed by atoms with E-state index in [0.717, 1.165) is 24.7 Å². The lowest BCUT2D eigenvalue weighted by atomic mass is 10.1. The number of nitrogens with two attached hydrogens (primary N) is 1. The number of pyridine rings is 1. The van der Waals surface area contributed by atoms with E-state index in [-0.39, 0.29) is 17.9 Å². The molecule has 0 spiro atoms. The molecule has 2 N–H and O–H groups in total. The van der Waals surface area contributed by atoms with Crippen LogP contribution in [0.5, 0.6) is 6.01 Å². The highest BCUT2D eigenvalue weighted by Crippen LogP contribution is 2.29. The molecule has 3 heterocycles. The second-order valence-corrected chi connectivity index (χ2v) is 8.37. The van der Waals surface area contributed by atoms with Gasteiger partial charge in [0.15, 0.2) is 17.0 Å². The van der Waals surface area contributed by atoms with Gasteiger partial charge in [-0.05, 0) is 44.6 Å². The van der Waals surface area contributed by atoms with Crippen LogP contribution in [0, 0.1) is 5.82 Å². The van der Waals surface area contributed by atoms with Crippen LogP contribution in [-0.2, 0) is 13.1 Å². The Morgan fingerprint density at radius 3 is 2.48 bits per heavy atom. The first kappa shape index (κ1) is 22.6. The number of nitrogen functional groups attached to an aromatic ring is 1. The summed E-state index contributed by atoms with van der Waals surface area (Å²) >= 11 is 0. The lowest BCUT2D eigenvalue weighted by Gasteiger charge is -2.13. The first-order chi connectivity index (χ1) is 15.8. The Hall–Kier alpha value is -3.59. The van der Waals surface area contributed by atoms with Crippen molar-refractivity contribution in [2.75, 3.05) is 19.8 Å². The largest absolute Gasteiger partial charge is 0.460 e. The maximum absolute atomic E-state index is 14.0. The number of aromatic nitrogens is 5. The van der Waals surface area contributed by atoms with Gasteiger partial charge in [0.1, 0.15) is 11.6 Å². The van der Waals surface area contributed by atoms with Crippen LogP contribution >= 0.6 is 0 Å². The van der Waals surface area contributed by atoms with Crippen molar-refractivity contribution in [2.45, 2.75) is 39.5 Å². The van der Waals surface area contributed by atoms with Gasteiger partial charge in [0.25, 0.3) is 0 Å². The molecule has 172 valence electrons. The molecule has 0 fully saturated rings. The van der Waals surface area contributed by atoms with Crippen LogP contribution in [0.25, 0.3) is 22.6 Å². The highest BCUT2D eigenvalue weighted by Gasteiger charge is 2.20. The number of anilines is 1. The van der Waals surface area contributed by atoms with E-state index in [0.29, 0.717) is 29.1 Å². The first-order valence-electron chi connectivity index (χ1n) is 10.9. The number of imidazole rings is 1. The third kappa shape index (κ3) is 5.09. The monoisotopic (exact) mass is 449 g/mol. The Morgan fingerprint density at radius 1 is 1.09 bits per heavy atom. The minimum absolute atomic E-state index is 0.0608. The lowest BCUT2D eigenvalue weighted by molar-refractivity contribution is 0.200. The van der Waals surface area contributed by atoms with Gasteiger partial charge in [-0.2, -0.15) is 9.97 Å². The van der Waals surface area contributed by atoms with Crippen LogP contribution < -0.4 is 10.5 Å². The summed E-state index contributed by atoms with van der Waals surface area (Å²) < 4.78 is 21.7. The topological polar surface area (TPSA) is 95.0 Å². The maximum Gasteiger partial charge on any atom is 0.320 e. The van der Waals surface area contributed by atoms with E-state index in [9.17, 15) is 4.39 Å². The van der Waals surface area contributed by atoms with Gasteiger partial charge in [-0.3, -0.25) is 4.98 Å². The maximum atomic E-state index is 14.0. The van der Waals surface area contributed by atoms with E-state index in [1.807, 2.05) is 32.5 Å². The molecular weight excluding hydrogens is 421 g/mol. The molecular formula is C24H28FN7O. The van der Waals surface area contributed by atoms with Crippen molar-refractivity contribution in [3.63, 3.8) is 0 Å². The molecule has 0 aliphatic rings. The molecule has 0 radical (unpaired) electrons. The smallest absolute Gasteiger partial charge is 0.320 e. The second kappa shape index (κ2) is 9.50. The lowest BCUT2D eigenvalue weighted by Crippen LogP contribution is -2.13. The Balaban J connectivity index is 1.82. The Kier molecular flexibility index (Phi) is 6.50. The van der Waals surface area contributed by atoms with Crippen LogP contribution in [0.2, 0.25) is 0 Å². The molecule has 0 saturated carbocycles. The molecule has 8 nitrogen and oxygen atoms in total. The van der Waals surface area contributed by atoms with Gasteiger partial charge >= 0.3 is 6.01 Å². The van der Waals surface area contributed by atoms with Crippen molar-refractivity contribution < 1.29 is 9.13 Å². The van der Waals surface area contributed by atoms with Gasteiger partial charge in [-0.1, -0.05) is 31.2 Å². The van der Waals surface area contributed by atoms with Crippen molar-refractivity contribution in [3.05, 3.63) is 59.7 Å². The molecule has 0 aliphatic carbocycles. The van der Waals surface area contributed by atoms with Gasteiger partial charge in [-0.15, -0.1) is 0 Å². The molecule has 4 aromatic rings. The minimum atomic E-state index is -0.445. The highest BCUT2D eigenvalue weighted by molar-refractivity contribution is 5.85. The number of rotatable bonds is 8. The van der Waals surface area contributed by atoms with Crippen LogP contribution in [0.3, 0.4) is 0 Å². The molecule has 0 saturated heterocycles. The van der Waals surface area contributed by atoms with E-state index in [1.165, 1.54) is 11.6 Å². The number of benzene rings is 1. The van der Waals surface area contributed by atoms with Crippen molar-refractivity contribution in [2.24, 2.45) is 0 Å². The normalized spacial score (nSPS) is 12.4. The third-order valence-corrected chi connectivity index (χ3v) is 5.31. The zero-order valence-corrected chi connectivity index (χ0v) is 19.3. The summed E-state index contributed by atoms with van der Waals surface area (Å²) in [6.07, 6.45) is 3.47. The number of halogens is 1. The van der Waals surface area contributed by atoms with E-state index in [2.05, 4.69) is 49.1 Å². The first-order valence-corrected chi connectivity index (χ1v) is 10.9. The molecule has 9 heteroatoms. The zero-order valence-electron chi connectivity index (χ0n) is 19.3. The molecule has 1 atom stereocenters. The summed E-state index contributed by atoms with van der Waals surface area (Å²) in [6, 6.07) is 9.92. The van der Waals surface area contributed by atoms with E-state index < -0.39 is 5.82 Å². The SMILES string of the molecule is CCC(C)Oc1nc(N)c2nc(-c3cncc(F)c3)n(Cc3ccc(CN(C)C)cc3)c2n1. The Morgan fingerprint density at radius 2 is 1.82 bits per heavy atom. The fourth-order valence-electron chi connectivity index (χ4n) is 3.52. The second-order valence-electron chi connectivity index (χ2n) is 8.37. The predicted octanol–water partition coefficient (Wildman–Crippen LogP) is 3.90. The van der Waals surface area contributed by atoms with Crippen molar-refractivity contribution in [1.29, 1.82) is 0 Å². The molecule has 1 unspecified atom stereocenters. The van der Waals surface area contributed by atoms with Crippen molar-refractivity contribution in [3.8, 4) is 17.4 Å². The molecule has 1 aromatic carbocycles. The Labute approximate surface area is 192 Å². The predicted molar refractivity (Wildman–Crippen MR) is 126 cm³/mol. The van der Waals surface area contributed by atoms with Gasteiger partial charge < -0.3 is 19.9 Å². The summed E-state index contributed by atoms with van der Waals surface area (Å²) in [4.78, 5) is 19.6. The summed E-state index contributed by atoms with van der Waals surface area (Å²) in [6.45, 7) is 5.28. The standard InChI is InChI=1S/C24H28FN7O/c1-5-15(2)33-24-29-21(26)20-23(30-24)32(22(28-20)18-10-19(25)12-27-11-18)14-17-8-6-16(7-9-17)13-31(3)4/h6-12,15H,5,13-14H2,1-4H3,(H2,26,29,30). The minimum Gasteiger partial charge on any atom is -0.460 e. The van der Waals surface area contributed by atoms with Gasteiger partial charge in [0.05, 0.1) is 18.8 Å². The third-order valence-electron chi connectivity index (χ3n) is 5.31. The van der Waals surface area contributed by atoms with Crippen LogP contribution in [0.1, 0.15) is 31.4 Å². The quantitative estimate of drug-likeness (QED) is 0.436. The zero-order chi connectivity index (χ0) is 23.5. The van der Waals surface area contributed by atoms with Gasteiger partial charge in [0.2, 0.25) is 0 Å². The van der Waals surface area contributed by atoms with Crippen LogP contribution in [-0.4, -0.2) is 49.6 Å². The van der Waals surface area contributed by atoms with Crippen molar-refractivity contribution in [1.82, 2.24) is 29.4 Å². The molecule has 33 heavy (non-hydrogen) atoms. The van der Waals surface area contributed by atoms with E-state index in [4.69, 9.17) is 10.5 Å². The van der Waals surface area contributed by atoms with Crippen LogP contribution in [0.4, 0.5) is 10.2 Å². The molecule has 0 aliphatic heterocycles. The van der Waals surface area contributed by atoms with E-state index in [1.54, 1.807) is 6.20 Å².